The summed E-state index contributed by atoms with van der Waals surface area (Å²) in [6, 6.07) is 26.7. The van der Waals surface area contributed by atoms with Crippen LogP contribution in [0.2, 0.25) is 0 Å². The molecule has 8 heterocycles. The van der Waals surface area contributed by atoms with E-state index in [0.717, 1.165) is 25.7 Å². The minimum atomic E-state index is -0.0548. The largest absolute Gasteiger partial charge is 0.412 e. The fourth-order valence-electron chi connectivity index (χ4n) is 7.17. The third kappa shape index (κ3) is 5.92. The molecule has 0 saturated heterocycles. The molecule has 2 aliphatic heterocycles. The highest BCUT2D eigenvalue weighted by Gasteiger charge is 2.33. The van der Waals surface area contributed by atoms with Crippen molar-refractivity contribution in [1.29, 1.82) is 0 Å². The van der Waals surface area contributed by atoms with Gasteiger partial charge in [-0.2, -0.15) is 0 Å². The van der Waals surface area contributed by atoms with Crippen LogP contribution in [0.15, 0.2) is 72.8 Å². The fourth-order valence-corrected chi connectivity index (χ4v) is 7.17. The van der Waals surface area contributed by atoms with E-state index in [1.165, 1.54) is 68.3 Å². The van der Waals surface area contributed by atoms with Crippen LogP contribution < -0.4 is 0 Å². The van der Waals surface area contributed by atoms with Gasteiger partial charge >= 0.3 is 0 Å². The van der Waals surface area contributed by atoms with Gasteiger partial charge in [0.25, 0.3) is 0 Å². The van der Waals surface area contributed by atoms with E-state index in [1.807, 2.05) is 0 Å². The van der Waals surface area contributed by atoms with Gasteiger partial charge in [0.1, 0.15) is 0 Å². The van der Waals surface area contributed by atoms with Gasteiger partial charge in [0.15, 0.2) is 0 Å². The summed E-state index contributed by atoms with van der Waals surface area (Å²) in [4.78, 5) is 21.9. The summed E-state index contributed by atoms with van der Waals surface area (Å²) < 4.78 is 0. The highest BCUT2D eigenvalue weighted by atomic mass is 16.0. The number of fused-ring (bicyclic) bond motifs is 12. The van der Waals surface area contributed by atoms with Crippen molar-refractivity contribution in [3.05, 3.63) is 141 Å². The van der Waals surface area contributed by atoms with Crippen LogP contribution in [0.5, 0.6) is 0 Å². The molecule has 48 heavy (non-hydrogen) atoms. The Labute approximate surface area is 284 Å². The van der Waals surface area contributed by atoms with Gasteiger partial charge in [0, 0.05) is 90.0 Å². The molecular formula is C40H54N6O2. The van der Waals surface area contributed by atoms with E-state index >= 15 is 0 Å². The van der Waals surface area contributed by atoms with Crippen LogP contribution in [-0.4, -0.2) is 40.9 Å². The van der Waals surface area contributed by atoms with Gasteiger partial charge < -0.3 is 40.9 Å². The average molecular weight is 651 g/mol. The molecule has 8 rings (SSSR count). The minimum Gasteiger partial charge on any atom is -0.412 e. The second-order valence-electron chi connectivity index (χ2n) is 15.7. The number of aromatic amines is 6. The Balaban J connectivity index is 0.000000180. The van der Waals surface area contributed by atoms with E-state index in [2.05, 4.69) is 158 Å². The second kappa shape index (κ2) is 12.2. The van der Waals surface area contributed by atoms with Crippen LogP contribution in [0.4, 0.5) is 0 Å². The Bertz CT molecular complexity index is 1700. The molecule has 0 amide bonds. The van der Waals surface area contributed by atoms with Gasteiger partial charge in [0.2, 0.25) is 0 Å². The Kier molecular flexibility index (Phi) is 8.91. The first-order chi connectivity index (χ1) is 21.7. The lowest BCUT2D eigenvalue weighted by molar-refractivity contribution is 0.572. The van der Waals surface area contributed by atoms with Crippen molar-refractivity contribution in [2.24, 2.45) is 0 Å². The van der Waals surface area contributed by atoms with Crippen LogP contribution in [0.1, 0.15) is 124 Å². The first-order valence-corrected chi connectivity index (χ1v) is 16.9. The highest BCUT2D eigenvalue weighted by molar-refractivity contribution is 5.40. The third-order valence-electron chi connectivity index (χ3n) is 11.1. The van der Waals surface area contributed by atoms with Crippen molar-refractivity contribution < 1.29 is 11.0 Å². The lowest BCUT2D eigenvalue weighted by Gasteiger charge is -2.25. The van der Waals surface area contributed by atoms with Crippen molar-refractivity contribution in [3.8, 4) is 0 Å². The van der Waals surface area contributed by atoms with Crippen molar-refractivity contribution in [1.82, 2.24) is 29.9 Å². The monoisotopic (exact) mass is 650 g/mol. The van der Waals surface area contributed by atoms with Crippen LogP contribution in [-0.2, 0) is 47.3 Å². The maximum absolute atomic E-state index is 3.69. The molecule has 0 fully saturated rings. The van der Waals surface area contributed by atoms with Crippen molar-refractivity contribution >= 4 is 0 Å². The number of hydrogen-bond acceptors (Lipinski definition) is 0. The molecule has 0 unspecified atom stereocenters. The molecule has 0 spiro atoms. The van der Waals surface area contributed by atoms with Crippen LogP contribution >= 0.6 is 0 Å². The summed E-state index contributed by atoms with van der Waals surface area (Å²) in [5, 5.41) is 0. The van der Waals surface area contributed by atoms with E-state index in [0.29, 0.717) is 0 Å². The van der Waals surface area contributed by atoms with Gasteiger partial charge in [-0.1, -0.05) is 0 Å². The van der Waals surface area contributed by atoms with E-state index in [-0.39, 0.29) is 32.6 Å². The highest BCUT2D eigenvalue weighted by Crippen LogP contribution is 2.37. The topological polar surface area (TPSA) is 158 Å². The Morgan fingerprint density at radius 3 is 0.667 bits per heavy atom. The number of rotatable bonds is 0. The summed E-state index contributed by atoms with van der Waals surface area (Å²) in [6.07, 6.45) is 4.13. The second-order valence-corrected chi connectivity index (χ2v) is 15.7. The number of aryl methyl sites for hydroxylation is 4. The quantitative estimate of drug-likeness (QED) is 0.0984. The summed E-state index contributed by atoms with van der Waals surface area (Å²) in [7, 11) is 0. The standard InChI is InChI=1S/2C20H25N3.2H2O/c2*1-19(2)15-9-7-13(21-15)5-6-14-8-10-16(22-14)20(3,4)18-12-11-17(19)23-18;;/h2*7-12,21-23H,5-6H2,1-4H3;2*1H2. The van der Waals surface area contributed by atoms with E-state index in [4.69, 9.17) is 0 Å². The van der Waals surface area contributed by atoms with Crippen LogP contribution in [0, 0.1) is 0 Å². The van der Waals surface area contributed by atoms with Crippen LogP contribution in [0.25, 0.3) is 0 Å². The Morgan fingerprint density at radius 1 is 0.292 bits per heavy atom. The number of nitrogens with one attached hydrogen (secondary N) is 6. The first kappa shape index (κ1) is 34.9. The maximum atomic E-state index is 3.69. The van der Waals surface area contributed by atoms with Gasteiger partial charge in [0.05, 0.1) is 0 Å². The average Bonchev–Trinajstić information content (AvgIpc) is 3.85. The SMILES string of the molecule is CC1(C)c2ccc([nH]2)CCc2ccc([nH]2)C(C)(C)c2ccc1[nH]2.CC1(C)c2ccc([nH]2)CCc2ccc([nH]2)C(C)(C)c2ccc1[nH]2.O.O. The minimum absolute atomic E-state index is 0. The van der Waals surface area contributed by atoms with Gasteiger partial charge in [-0.25, -0.2) is 0 Å². The molecule has 10 N–H and O–H groups in total. The molecule has 12 bridgehead atoms. The number of hydrogen-bond donors (Lipinski definition) is 6. The molecule has 8 nitrogen and oxygen atoms in total. The lowest BCUT2D eigenvalue weighted by atomic mass is 9.85. The normalized spacial score (nSPS) is 18.0. The van der Waals surface area contributed by atoms with Crippen LogP contribution in [0.3, 0.4) is 0 Å². The molecule has 0 radical (unpaired) electrons. The zero-order valence-corrected chi connectivity index (χ0v) is 29.8. The van der Waals surface area contributed by atoms with Gasteiger partial charge in [-0.3, -0.25) is 0 Å². The molecule has 0 aliphatic carbocycles. The Morgan fingerprint density at radius 2 is 0.458 bits per heavy atom. The molecule has 256 valence electrons. The fraction of sp³-hybridized carbons (Fsp3) is 0.400. The van der Waals surface area contributed by atoms with E-state index in [1.54, 1.807) is 0 Å². The summed E-state index contributed by atoms with van der Waals surface area (Å²) in [5.41, 5.74) is 15.1. The van der Waals surface area contributed by atoms with Crippen molar-refractivity contribution in [2.45, 2.75) is 103 Å². The number of aromatic nitrogens is 6. The molecule has 6 aromatic heterocycles. The molecule has 0 saturated carbocycles. The predicted molar refractivity (Wildman–Crippen MR) is 195 cm³/mol. The molecule has 0 aromatic carbocycles. The Hall–Kier alpha value is -4.40. The smallest absolute Gasteiger partial charge is 0.0447 e. The summed E-state index contributed by atoms with van der Waals surface area (Å²) in [6.45, 7) is 18.2. The third-order valence-corrected chi connectivity index (χ3v) is 11.1. The van der Waals surface area contributed by atoms with E-state index < -0.39 is 0 Å². The molecular weight excluding hydrogens is 596 g/mol. The van der Waals surface area contributed by atoms with Crippen molar-refractivity contribution in [3.63, 3.8) is 0 Å². The molecule has 8 heteroatoms. The predicted octanol–water partition coefficient (Wildman–Crippen LogP) is 7.19. The maximum Gasteiger partial charge on any atom is 0.0447 e. The molecule has 2 aliphatic rings. The summed E-state index contributed by atoms with van der Waals surface area (Å²) in [5.74, 6) is 0. The van der Waals surface area contributed by atoms with Gasteiger partial charge in [-0.15, -0.1) is 0 Å². The van der Waals surface area contributed by atoms with Gasteiger partial charge in [-0.05, 0) is 154 Å². The molecule has 0 atom stereocenters. The van der Waals surface area contributed by atoms with Crippen molar-refractivity contribution in [2.75, 3.05) is 0 Å². The molecule has 6 aromatic rings. The summed E-state index contributed by atoms with van der Waals surface area (Å²) >= 11 is 0. The zero-order chi connectivity index (χ0) is 32.5. The zero-order valence-electron chi connectivity index (χ0n) is 29.8. The lowest BCUT2D eigenvalue weighted by Crippen LogP contribution is -2.23. The van der Waals surface area contributed by atoms with E-state index in [9.17, 15) is 0 Å². The number of H-pyrrole nitrogens is 6. The first-order valence-electron chi connectivity index (χ1n) is 16.9.